The highest BCUT2D eigenvalue weighted by atomic mass is 16.5. The number of ether oxygens (including phenoxy) is 2. The molecule has 4 amide bonds. The number of carbonyl (C=O) groups excluding carboxylic acids is 5. The van der Waals surface area contributed by atoms with Crippen molar-refractivity contribution in [1.29, 1.82) is 0 Å². The van der Waals surface area contributed by atoms with Crippen molar-refractivity contribution < 1.29 is 33.4 Å². The molecule has 0 aliphatic carbocycles. The van der Waals surface area contributed by atoms with Crippen LogP contribution in [0.15, 0.2) is 48.5 Å². The van der Waals surface area contributed by atoms with Gasteiger partial charge < -0.3 is 9.47 Å². The van der Waals surface area contributed by atoms with Crippen LogP contribution in [0.4, 0.5) is 0 Å². The molecule has 2 aliphatic rings. The van der Waals surface area contributed by atoms with Crippen molar-refractivity contribution in [3.05, 3.63) is 65.2 Å². The smallest absolute Gasteiger partial charge is 0.306 e. The highest BCUT2D eigenvalue weighted by Crippen LogP contribution is 2.39. The first kappa shape index (κ1) is 34.9. The molecule has 248 valence electrons. The molecule has 0 spiro atoms. The van der Waals surface area contributed by atoms with Gasteiger partial charge in [0.15, 0.2) is 5.72 Å². The fraction of sp³-hybridized carbons (Fsp3) is 0.541. The molecule has 0 saturated heterocycles. The monoisotopic (exact) mass is 632 g/mol. The van der Waals surface area contributed by atoms with Gasteiger partial charge in [0.05, 0.1) is 22.6 Å². The fourth-order valence-electron chi connectivity index (χ4n) is 6.42. The van der Waals surface area contributed by atoms with E-state index in [-0.39, 0.29) is 29.7 Å². The second-order valence-corrected chi connectivity index (χ2v) is 12.4. The van der Waals surface area contributed by atoms with Gasteiger partial charge in [-0.15, -0.1) is 0 Å². The van der Waals surface area contributed by atoms with Crippen LogP contribution in [0.1, 0.15) is 136 Å². The Morgan fingerprint density at radius 2 is 1.26 bits per heavy atom. The molecule has 46 heavy (non-hydrogen) atoms. The van der Waals surface area contributed by atoms with Crippen molar-refractivity contribution in [2.75, 3.05) is 6.54 Å². The first-order valence-electron chi connectivity index (χ1n) is 17.0. The number of carbonyl (C=O) groups is 5. The molecule has 9 heteroatoms. The average molecular weight is 633 g/mol. The fourth-order valence-corrected chi connectivity index (χ4v) is 6.42. The Balaban J connectivity index is 1.52. The Morgan fingerprint density at radius 3 is 1.83 bits per heavy atom. The van der Waals surface area contributed by atoms with E-state index in [0.29, 0.717) is 25.0 Å². The maximum absolute atomic E-state index is 14.6. The molecule has 0 bridgehead atoms. The van der Waals surface area contributed by atoms with E-state index in [9.17, 15) is 24.0 Å². The minimum Gasteiger partial charge on any atom is -0.467 e. The van der Waals surface area contributed by atoms with Crippen LogP contribution in [-0.2, 0) is 14.3 Å². The second-order valence-electron chi connectivity index (χ2n) is 12.4. The molecule has 2 heterocycles. The number of esters is 1. The second kappa shape index (κ2) is 16.0. The summed E-state index contributed by atoms with van der Waals surface area (Å²) in [5.41, 5.74) is -0.556. The molecule has 2 atom stereocenters. The molecule has 4 rings (SSSR count). The van der Waals surface area contributed by atoms with E-state index in [1.807, 2.05) is 13.8 Å². The number of para-hydroxylation sites is 1. The van der Waals surface area contributed by atoms with E-state index in [0.717, 1.165) is 29.1 Å². The predicted octanol–water partition coefficient (Wildman–Crippen LogP) is 7.33. The molecule has 0 N–H and O–H groups in total. The third kappa shape index (κ3) is 7.51. The summed E-state index contributed by atoms with van der Waals surface area (Å²) >= 11 is 0. The first-order valence-corrected chi connectivity index (χ1v) is 17.0. The molecule has 2 aromatic carbocycles. The van der Waals surface area contributed by atoms with Gasteiger partial charge in [-0.1, -0.05) is 96.4 Å². The van der Waals surface area contributed by atoms with Gasteiger partial charge in [0, 0.05) is 25.8 Å². The summed E-state index contributed by atoms with van der Waals surface area (Å²) in [5, 5.41) is 0. The zero-order valence-corrected chi connectivity index (χ0v) is 27.7. The van der Waals surface area contributed by atoms with Gasteiger partial charge in [0.2, 0.25) is 5.91 Å². The third-order valence-electron chi connectivity index (χ3n) is 9.30. The van der Waals surface area contributed by atoms with Gasteiger partial charge in [0.1, 0.15) is 11.9 Å². The number of fused-ring (bicyclic) bond motifs is 2. The molecule has 0 unspecified atom stereocenters. The van der Waals surface area contributed by atoms with E-state index in [2.05, 4.69) is 6.92 Å². The Hall–Kier alpha value is -4.01. The lowest BCUT2D eigenvalue weighted by Gasteiger charge is -2.46. The number of rotatable bonds is 17. The number of amides is 4. The lowest BCUT2D eigenvalue weighted by atomic mass is 9.94. The minimum atomic E-state index is -1.29. The molecule has 0 saturated carbocycles. The molecular formula is C37H48N2O7. The maximum Gasteiger partial charge on any atom is 0.306 e. The normalized spacial score (nSPS) is 16.5. The van der Waals surface area contributed by atoms with Crippen molar-refractivity contribution in [1.82, 2.24) is 9.80 Å². The molecule has 0 fully saturated rings. The van der Waals surface area contributed by atoms with Crippen molar-refractivity contribution in [3.63, 3.8) is 0 Å². The summed E-state index contributed by atoms with van der Waals surface area (Å²) < 4.78 is 12.1. The minimum absolute atomic E-state index is 0.196. The number of hydrogen-bond acceptors (Lipinski definition) is 7. The molecule has 2 aliphatic heterocycles. The first-order chi connectivity index (χ1) is 22.2. The van der Waals surface area contributed by atoms with E-state index in [1.54, 1.807) is 55.5 Å². The summed E-state index contributed by atoms with van der Waals surface area (Å²) in [6, 6.07) is 13.2. The quantitative estimate of drug-likeness (QED) is 0.102. The Labute approximate surface area is 272 Å². The van der Waals surface area contributed by atoms with Gasteiger partial charge in [-0.3, -0.25) is 28.9 Å². The van der Waals surface area contributed by atoms with Gasteiger partial charge in [0.25, 0.3) is 17.7 Å². The Morgan fingerprint density at radius 1 is 0.739 bits per heavy atom. The van der Waals surface area contributed by atoms with E-state index >= 15 is 0 Å². The predicted molar refractivity (Wildman–Crippen MR) is 174 cm³/mol. The molecule has 0 aromatic heterocycles. The summed E-state index contributed by atoms with van der Waals surface area (Å²) in [5.74, 6) is -3.54. The van der Waals surface area contributed by atoms with Crippen molar-refractivity contribution in [2.24, 2.45) is 5.92 Å². The van der Waals surface area contributed by atoms with Gasteiger partial charge in [-0.05, 0) is 37.6 Å². The van der Waals surface area contributed by atoms with Crippen molar-refractivity contribution >= 4 is 29.6 Å². The van der Waals surface area contributed by atoms with Crippen LogP contribution >= 0.6 is 0 Å². The standard InChI is InChI=1S/C37H48N2O7/c1-5-8-9-10-11-12-13-14-15-24-32(40)45-26(4)30(25-38-33(41)27-20-16-17-21-28(27)34(38)42)36(44)39-35(43)29-22-18-19-23-31(29)46-37(39,6-2)7-3/h16-23,26,30H,5-15,24-25H2,1-4H3/t26-,30+/m1/s1. The van der Waals surface area contributed by atoms with Crippen LogP contribution < -0.4 is 4.74 Å². The zero-order chi connectivity index (χ0) is 33.3. The number of benzene rings is 2. The largest absolute Gasteiger partial charge is 0.467 e. The number of unbranched alkanes of at least 4 members (excludes halogenated alkanes) is 8. The Kier molecular flexibility index (Phi) is 12.1. The van der Waals surface area contributed by atoms with Gasteiger partial charge in [-0.2, -0.15) is 0 Å². The van der Waals surface area contributed by atoms with Crippen molar-refractivity contribution in [3.8, 4) is 5.75 Å². The third-order valence-corrected chi connectivity index (χ3v) is 9.30. The average Bonchev–Trinajstić information content (AvgIpc) is 3.30. The highest BCUT2D eigenvalue weighted by molar-refractivity contribution is 6.21. The van der Waals surface area contributed by atoms with Crippen LogP contribution in [0.5, 0.6) is 5.75 Å². The van der Waals surface area contributed by atoms with E-state index in [1.165, 1.54) is 32.1 Å². The van der Waals surface area contributed by atoms with Crippen LogP contribution in [0, 0.1) is 5.92 Å². The number of imide groups is 2. The molecular weight excluding hydrogens is 584 g/mol. The zero-order valence-electron chi connectivity index (χ0n) is 27.7. The lowest BCUT2D eigenvalue weighted by Crippen LogP contribution is -2.63. The van der Waals surface area contributed by atoms with Crippen molar-refractivity contribution in [2.45, 2.75) is 117 Å². The van der Waals surface area contributed by atoms with E-state index < -0.39 is 47.3 Å². The lowest BCUT2D eigenvalue weighted by molar-refractivity contribution is -0.163. The summed E-state index contributed by atoms with van der Waals surface area (Å²) in [7, 11) is 0. The summed E-state index contributed by atoms with van der Waals surface area (Å²) in [6.45, 7) is 7.09. The van der Waals surface area contributed by atoms with Gasteiger partial charge in [-0.25, -0.2) is 4.90 Å². The Bertz CT molecular complexity index is 1380. The van der Waals surface area contributed by atoms with Crippen LogP contribution in [0.25, 0.3) is 0 Å². The molecule has 2 aromatic rings. The maximum atomic E-state index is 14.6. The number of hydrogen-bond donors (Lipinski definition) is 0. The van der Waals surface area contributed by atoms with Crippen LogP contribution in [-0.4, -0.2) is 57.8 Å². The van der Waals surface area contributed by atoms with E-state index in [4.69, 9.17) is 9.47 Å². The SMILES string of the molecule is CCCCCCCCCCCC(=O)O[C@H](C)[C@H](CN1C(=O)c2ccccc2C1=O)C(=O)N1C(=O)c2ccccc2OC1(CC)CC. The van der Waals surface area contributed by atoms with Crippen LogP contribution in [0.2, 0.25) is 0 Å². The summed E-state index contributed by atoms with van der Waals surface area (Å²) in [6.07, 6.45) is 9.73. The number of nitrogens with zero attached hydrogens (tertiary/aromatic N) is 2. The topological polar surface area (TPSA) is 110 Å². The highest BCUT2D eigenvalue weighted by Gasteiger charge is 2.51. The van der Waals surface area contributed by atoms with Gasteiger partial charge >= 0.3 is 5.97 Å². The molecule has 9 nitrogen and oxygen atoms in total. The molecule has 0 radical (unpaired) electrons. The summed E-state index contributed by atoms with van der Waals surface area (Å²) in [4.78, 5) is 70.3. The van der Waals surface area contributed by atoms with Crippen LogP contribution in [0.3, 0.4) is 0 Å².